The summed E-state index contributed by atoms with van der Waals surface area (Å²) in [5.74, 6) is 0.223. The van der Waals surface area contributed by atoms with E-state index in [-0.39, 0.29) is 11.8 Å². The van der Waals surface area contributed by atoms with Gasteiger partial charge >= 0.3 is 0 Å². The van der Waals surface area contributed by atoms with Gasteiger partial charge in [-0.05, 0) is 43.7 Å². The minimum absolute atomic E-state index is 0.0715. The van der Waals surface area contributed by atoms with E-state index in [9.17, 15) is 4.79 Å². The summed E-state index contributed by atoms with van der Waals surface area (Å²) >= 11 is 1.67. The number of carbonyl (C=O) groups is 1. The molecule has 4 heteroatoms. The van der Waals surface area contributed by atoms with Gasteiger partial charge in [0, 0.05) is 16.5 Å². The summed E-state index contributed by atoms with van der Waals surface area (Å²) in [4.78, 5) is 18.2. The average Bonchev–Trinajstić information content (AvgIpc) is 2.96. The molecule has 0 fully saturated rings. The van der Waals surface area contributed by atoms with Gasteiger partial charge in [-0.3, -0.25) is 4.79 Å². The van der Waals surface area contributed by atoms with Gasteiger partial charge in [-0.2, -0.15) is 0 Å². The van der Waals surface area contributed by atoms with E-state index >= 15 is 0 Å². The average molecular weight is 300 g/mol. The van der Waals surface area contributed by atoms with Crippen molar-refractivity contribution in [1.82, 2.24) is 4.98 Å². The highest BCUT2D eigenvalue weighted by Crippen LogP contribution is 2.29. The van der Waals surface area contributed by atoms with Crippen LogP contribution in [0.25, 0.3) is 0 Å². The Labute approximate surface area is 129 Å². The van der Waals surface area contributed by atoms with E-state index in [1.54, 1.807) is 11.3 Å². The molecule has 3 rings (SSSR count). The fraction of sp³-hybridized carbons (Fsp3) is 0.412. The van der Waals surface area contributed by atoms with Crippen LogP contribution in [0.15, 0.2) is 23.7 Å². The first-order chi connectivity index (χ1) is 10.2. The molecule has 21 heavy (non-hydrogen) atoms. The number of nitrogens with zero attached hydrogens (tertiary/aromatic N) is 1. The molecule has 1 aromatic heterocycles. The molecule has 2 aromatic rings. The molecular formula is C17H20N2OS. The van der Waals surface area contributed by atoms with Crippen molar-refractivity contribution in [1.29, 1.82) is 0 Å². The molecule has 1 aromatic carbocycles. The van der Waals surface area contributed by atoms with E-state index in [2.05, 4.69) is 36.3 Å². The van der Waals surface area contributed by atoms with E-state index in [1.807, 2.05) is 11.6 Å². The van der Waals surface area contributed by atoms with Crippen LogP contribution in [0.5, 0.6) is 0 Å². The minimum atomic E-state index is 0.0715. The molecule has 1 atom stereocenters. The van der Waals surface area contributed by atoms with Crippen LogP contribution >= 0.6 is 11.3 Å². The Morgan fingerprint density at radius 1 is 1.48 bits per heavy atom. The number of thiazole rings is 1. The molecular weight excluding hydrogens is 280 g/mol. The maximum atomic E-state index is 12.6. The first-order valence-electron chi connectivity index (χ1n) is 7.49. The highest BCUT2D eigenvalue weighted by atomic mass is 32.1. The van der Waals surface area contributed by atoms with Crippen molar-refractivity contribution >= 4 is 22.9 Å². The Balaban J connectivity index is 1.76. The normalized spacial score (nSPS) is 17.3. The number of hydrogen-bond donors (Lipinski definition) is 1. The van der Waals surface area contributed by atoms with Crippen LogP contribution in [0.1, 0.15) is 35.0 Å². The Morgan fingerprint density at radius 2 is 2.33 bits per heavy atom. The van der Waals surface area contributed by atoms with Gasteiger partial charge in [-0.25, -0.2) is 4.98 Å². The Hall–Kier alpha value is -1.68. The van der Waals surface area contributed by atoms with Crippen LogP contribution in [-0.4, -0.2) is 10.9 Å². The van der Waals surface area contributed by atoms with Gasteiger partial charge in [-0.1, -0.05) is 25.1 Å². The van der Waals surface area contributed by atoms with Crippen molar-refractivity contribution in [3.8, 4) is 0 Å². The molecule has 0 spiro atoms. The highest BCUT2D eigenvalue weighted by molar-refractivity contribution is 7.09. The molecule has 1 N–H and O–H groups in total. The molecule has 0 radical (unpaired) electrons. The Kier molecular flexibility index (Phi) is 4.06. The van der Waals surface area contributed by atoms with Crippen molar-refractivity contribution in [3.05, 3.63) is 45.4 Å². The Morgan fingerprint density at radius 3 is 3.14 bits per heavy atom. The molecule has 0 saturated heterocycles. The topological polar surface area (TPSA) is 42.0 Å². The quantitative estimate of drug-likeness (QED) is 0.938. The third-order valence-corrected chi connectivity index (χ3v) is 5.14. The predicted molar refractivity (Wildman–Crippen MR) is 86.8 cm³/mol. The number of aromatic nitrogens is 1. The third kappa shape index (κ3) is 2.86. The molecule has 1 unspecified atom stereocenters. The molecule has 1 aliphatic rings. The van der Waals surface area contributed by atoms with E-state index in [0.717, 1.165) is 36.9 Å². The summed E-state index contributed by atoms with van der Waals surface area (Å²) in [6, 6.07) is 6.19. The van der Waals surface area contributed by atoms with Crippen LogP contribution < -0.4 is 5.32 Å². The summed E-state index contributed by atoms with van der Waals surface area (Å²) in [6.45, 7) is 4.17. The molecule has 1 aliphatic carbocycles. The number of carbonyl (C=O) groups excluding carboxylic acids is 1. The third-order valence-electron chi connectivity index (χ3n) is 4.25. The second kappa shape index (κ2) is 5.98. The molecule has 1 amide bonds. The van der Waals surface area contributed by atoms with Crippen molar-refractivity contribution in [2.45, 2.75) is 39.5 Å². The number of fused-ring (bicyclic) bond motifs is 1. The summed E-state index contributed by atoms with van der Waals surface area (Å²) in [5.41, 5.74) is 6.42. The Bertz CT molecular complexity index is 663. The summed E-state index contributed by atoms with van der Waals surface area (Å²) < 4.78 is 0. The number of aryl methyl sites for hydroxylation is 3. The largest absolute Gasteiger partial charge is 0.325 e. The van der Waals surface area contributed by atoms with Crippen LogP contribution in [0.3, 0.4) is 0 Å². The van der Waals surface area contributed by atoms with Crippen LogP contribution in [-0.2, 0) is 24.1 Å². The summed E-state index contributed by atoms with van der Waals surface area (Å²) in [5, 5.41) is 3.17. The van der Waals surface area contributed by atoms with Gasteiger partial charge in [0.2, 0.25) is 5.91 Å². The molecule has 0 saturated carbocycles. The van der Waals surface area contributed by atoms with Gasteiger partial charge in [0.15, 0.2) is 0 Å². The number of anilines is 1. The monoisotopic (exact) mass is 300 g/mol. The van der Waals surface area contributed by atoms with Crippen LogP contribution in [0.2, 0.25) is 0 Å². The minimum Gasteiger partial charge on any atom is -0.325 e. The second-order valence-electron chi connectivity index (χ2n) is 5.61. The zero-order chi connectivity index (χ0) is 14.8. The fourth-order valence-electron chi connectivity index (χ4n) is 2.95. The maximum Gasteiger partial charge on any atom is 0.227 e. The lowest BCUT2D eigenvalue weighted by Gasteiger charge is -2.22. The van der Waals surface area contributed by atoms with Crippen molar-refractivity contribution in [2.75, 3.05) is 5.32 Å². The van der Waals surface area contributed by atoms with E-state index in [0.29, 0.717) is 0 Å². The fourth-order valence-corrected chi connectivity index (χ4v) is 3.85. The number of rotatable bonds is 3. The first-order valence-corrected chi connectivity index (χ1v) is 8.37. The smallest absolute Gasteiger partial charge is 0.227 e. The summed E-state index contributed by atoms with van der Waals surface area (Å²) in [7, 11) is 0. The van der Waals surface area contributed by atoms with Gasteiger partial charge in [0.05, 0.1) is 11.2 Å². The SMILES string of the molecule is CCc1cccc(C)c1NC(=O)C1CCc2ncsc2C1. The van der Waals surface area contributed by atoms with Crippen LogP contribution in [0, 0.1) is 12.8 Å². The predicted octanol–water partition coefficient (Wildman–Crippen LogP) is 3.76. The maximum absolute atomic E-state index is 12.6. The van der Waals surface area contributed by atoms with Crippen LogP contribution in [0.4, 0.5) is 5.69 Å². The van der Waals surface area contributed by atoms with Gasteiger partial charge in [0.25, 0.3) is 0 Å². The van der Waals surface area contributed by atoms with Gasteiger partial charge in [0.1, 0.15) is 0 Å². The lowest BCUT2D eigenvalue weighted by atomic mass is 9.90. The number of amides is 1. The number of nitrogens with one attached hydrogen (secondary N) is 1. The van der Waals surface area contributed by atoms with Gasteiger partial charge < -0.3 is 5.32 Å². The number of hydrogen-bond acceptors (Lipinski definition) is 3. The molecule has 110 valence electrons. The molecule has 3 nitrogen and oxygen atoms in total. The molecule has 1 heterocycles. The zero-order valence-electron chi connectivity index (χ0n) is 12.5. The van der Waals surface area contributed by atoms with Crippen molar-refractivity contribution in [3.63, 3.8) is 0 Å². The molecule has 0 aliphatic heterocycles. The standard InChI is InChI=1S/C17H20N2OS/c1-3-12-6-4-5-11(2)16(12)19-17(20)13-7-8-14-15(9-13)21-10-18-14/h4-6,10,13H,3,7-9H2,1-2H3,(H,19,20). The van der Waals surface area contributed by atoms with E-state index in [1.165, 1.54) is 16.1 Å². The van der Waals surface area contributed by atoms with E-state index in [4.69, 9.17) is 0 Å². The van der Waals surface area contributed by atoms with Crippen molar-refractivity contribution in [2.24, 2.45) is 5.92 Å². The first kappa shape index (κ1) is 14.3. The number of para-hydroxylation sites is 1. The lowest BCUT2D eigenvalue weighted by Crippen LogP contribution is -2.28. The van der Waals surface area contributed by atoms with Gasteiger partial charge in [-0.15, -0.1) is 11.3 Å². The van der Waals surface area contributed by atoms with E-state index < -0.39 is 0 Å². The zero-order valence-corrected chi connectivity index (χ0v) is 13.3. The second-order valence-corrected chi connectivity index (χ2v) is 6.55. The molecule has 0 bridgehead atoms. The van der Waals surface area contributed by atoms with Crippen molar-refractivity contribution < 1.29 is 4.79 Å². The summed E-state index contributed by atoms with van der Waals surface area (Å²) in [6.07, 6.45) is 3.58. The highest BCUT2D eigenvalue weighted by Gasteiger charge is 2.26. The lowest BCUT2D eigenvalue weighted by molar-refractivity contribution is -0.120. The number of benzene rings is 1.